The van der Waals surface area contributed by atoms with Gasteiger partial charge in [0.15, 0.2) is 0 Å². The lowest BCUT2D eigenvalue weighted by Crippen LogP contribution is -2.29. The second-order valence-corrected chi connectivity index (χ2v) is 5.90. The van der Waals surface area contributed by atoms with Gasteiger partial charge in [0.25, 0.3) is 0 Å². The van der Waals surface area contributed by atoms with Gasteiger partial charge in [0.1, 0.15) is 5.75 Å². The summed E-state index contributed by atoms with van der Waals surface area (Å²) in [7, 11) is 3.30. The Morgan fingerprint density at radius 3 is 2.36 bits per heavy atom. The molecule has 0 aromatic heterocycles. The van der Waals surface area contributed by atoms with Crippen molar-refractivity contribution in [3.63, 3.8) is 0 Å². The van der Waals surface area contributed by atoms with Crippen molar-refractivity contribution in [2.24, 2.45) is 0 Å². The molecule has 0 aliphatic carbocycles. The first-order chi connectivity index (χ1) is 12.0. The number of aliphatic hydroxyl groups excluding tert-OH is 1. The second kappa shape index (κ2) is 9.04. The zero-order valence-corrected chi connectivity index (χ0v) is 15.0. The van der Waals surface area contributed by atoms with Gasteiger partial charge in [0, 0.05) is 13.1 Å². The predicted molar refractivity (Wildman–Crippen MR) is 100 cm³/mol. The first-order valence-corrected chi connectivity index (χ1v) is 8.38. The molecular weight excluding hydrogens is 314 g/mol. The lowest BCUT2D eigenvalue weighted by Gasteiger charge is -2.20. The highest BCUT2D eigenvalue weighted by Gasteiger charge is 2.15. The summed E-state index contributed by atoms with van der Waals surface area (Å²) in [5, 5.41) is 10.4. The van der Waals surface area contributed by atoms with Crippen LogP contribution in [0.4, 0.5) is 0 Å². The van der Waals surface area contributed by atoms with E-state index in [0.717, 1.165) is 28.9 Å². The number of allylic oxidation sites excluding steroid dienone is 1. The lowest BCUT2D eigenvalue weighted by atomic mass is 10.0. The molecule has 1 N–H and O–H groups in total. The first-order valence-electron chi connectivity index (χ1n) is 8.38. The molecule has 2 aromatic rings. The third kappa shape index (κ3) is 5.19. The normalized spacial score (nSPS) is 12.6. The predicted octanol–water partition coefficient (Wildman–Crippen LogP) is 3.68. The SMILES string of the molecule is CC/C(=C\C(=O)N(C)CC(O)c1ccc(OC)cc1)c1ccccc1. The van der Waals surface area contributed by atoms with E-state index in [1.165, 1.54) is 4.90 Å². The summed E-state index contributed by atoms with van der Waals surface area (Å²) >= 11 is 0. The number of rotatable bonds is 7. The van der Waals surface area contributed by atoms with Crippen molar-refractivity contribution in [1.29, 1.82) is 0 Å². The van der Waals surface area contributed by atoms with Gasteiger partial charge in [0.05, 0.1) is 19.8 Å². The molecule has 1 atom stereocenters. The largest absolute Gasteiger partial charge is 0.497 e. The van der Waals surface area contributed by atoms with Gasteiger partial charge in [-0.15, -0.1) is 0 Å². The Labute approximate surface area is 149 Å². The molecular formula is C21H25NO3. The van der Waals surface area contributed by atoms with Gasteiger partial charge in [-0.1, -0.05) is 49.4 Å². The van der Waals surface area contributed by atoms with Crippen LogP contribution in [0.5, 0.6) is 5.75 Å². The van der Waals surface area contributed by atoms with Crippen LogP contribution in [0.3, 0.4) is 0 Å². The molecule has 0 aliphatic rings. The maximum Gasteiger partial charge on any atom is 0.246 e. The smallest absolute Gasteiger partial charge is 0.246 e. The highest BCUT2D eigenvalue weighted by molar-refractivity contribution is 5.95. The highest BCUT2D eigenvalue weighted by atomic mass is 16.5. The molecule has 0 aliphatic heterocycles. The molecule has 2 rings (SSSR count). The lowest BCUT2D eigenvalue weighted by molar-refractivity contribution is -0.126. The van der Waals surface area contributed by atoms with E-state index < -0.39 is 6.10 Å². The number of nitrogens with zero attached hydrogens (tertiary/aromatic N) is 1. The molecule has 0 saturated heterocycles. The summed E-state index contributed by atoms with van der Waals surface area (Å²) < 4.78 is 5.11. The fourth-order valence-electron chi connectivity index (χ4n) is 2.58. The molecule has 132 valence electrons. The molecule has 0 fully saturated rings. The van der Waals surface area contributed by atoms with Crippen molar-refractivity contribution in [2.75, 3.05) is 20.7 Å². The van der Waals surface area contributed by atoms with E-state index in [4.69, 9.17) is 4.74 Å². The molecule has 0 spiro atoms. The Bertz CT molecular complexity index is 708. The van der Waals surface area contributed by atoms with Gasteiger partial charge in [-0.25, -0.2) is 0 Å². The van der Waals surface area contributed by atoms with Crippen LogP contribution in [0.2, 0.25) is 0 Å². The third-order valence-corrected chi connectivity index (χ3v) is 4.15. The summed E-state index contributed by atoms with van der Waals surface area (Å²) in [6.07, 6.45) is 1.68. The van der Waals surface area contributed by atoms with Crippen molar-refractivity contribution in [2.45, 2.75) is 19.4 Å². The summed E-state index contributed by atoms with van der Waals surface area (Å²) in [5.74, 6) is 0.618. The second-order valence-electron chi connectivity index (χ2n) is 5.90. The Morgan fingerprint density at radius 1 is 1.16 bits per heavy atom. The summed E-state index contributed by atoms with van der Waals surface area (Å²) in [6.45, 7) is 2.26. The number of benzene rings is 2. The molecule has 0 saturated carbocycles. The van der Waals surface area contributed by atoms with Crippen LogP contribution in [0.25, 0.3) is 5.57 Å². The quantitative estimate of drug-likeness (QED) is 0.783. The van der Waals surface area contributed by atoms with Crippen molar-refractivity contribution in [3.05, 3.63) is 71.8 Å². The Hall–Kier alpha value is -2.59. The van der Waals surface area contributed by atoms with Crippen molar-refractivity contribution >= 4 is 11.5 Å². The zero-order valence-electron chi connectivity index (χ0n) is 15.0. The van der Waals surface area contributed by atoms with Crippen molar-refractivity contribution < 1.29 is 14.6 Å². The van der Waals surface area contributed by atoms with E-state index in [0.29, 0.717) is 0 Å². The van der Waals surface area contributed by atoms with E-state index in [1.54, 1.807) is 44.5 Å². The Balaban J connectivity index is 2.04. The van der Waals surface area contributed by atoms with Crippen LogP contribution in [-0.2, 0) is 4.79 Å². The molecule has 0 bridgehead atoms. The fraction of sp³-hybridized carbons (Fsp3) is 0.286. The Morgan fingerprint density at radius 2 is 1.80 bits per heavy atom. The van der Waals surface area contributed by atoms with Crippen LogP contribution in [0, 0.1) is 0 Å². The maximum atomic E-state index is 12.5. The topological polar surface area (TPSA) is 49.8 Å². The molecule has 0 radical (unpaired) electrons. The van der Waals surface area contributed by atoms with E-state index in [1.807, 2.05) is 37.3 Å². The number of carbonyl (C=O) groups is 1. The highest BCUT2D eigenvalue weighted by Crippen LogP contribution is 2.20. The zero-order chi connectivity index (χ0) is 18.2. The van der Waals surface area contributed by atoms with Gasteiger partial charge < -0.3 is 14.7 Å². The number of carbonyl (C=O) groups excluding carboxylic acids is 1. The maximum absolute atomic E-state index is 12.5. The van der Waals surface area contributed by atoms with Crippen LogP contribution < -0.4 is 4.74 Å². The van der Waals surface area contributed by atoms with Crippen LogP contribution in [0.1, 0.15) is 30.6 Å². The molecule has 1 unspecified atom stereocenters. The average Bonchev–Trinajstić information content (AvgIpc) is 2.66. The van der Waals surface area contributed by atoms with Gasteiger partial charge >= 0.3 is 0 Å². The summed E-state index contributed by atoms with van der Waals surface area (Å²) in [6, 6.07) is 17.1. The molecule has 0 heterocycles. The van der Waals surface area contributed by atoms with E-state index in [2.05, 4.69) is 0 Å². The molecule has 4 heteroatoms. The average molecular weight is 339 g/mol. The molecule has 1 amide bonds. The minimum absolute atomic E-state index is 0.117. The van der Waals surface area contributed by atoms with Crippen LogP contribution >= 0.6 is 0 Å². The van der Waals surface area contributed by atoms with Crippen LogP contribution in [0.15, 0.2) is 60.7 Å². The number of methoxy groups -OCH3 is 1. The van der Waals surface area contributed by atoms with E-state index in [9.17, 15) is 9.90 Å². The van der Waals surface area contributed by atoms with Crippen molar-refractivity contribution in [3.8, 4) is 5.75 Å². The summed E-state index contributed by atoms with van der Waals surface area (Å²) in [5.41, 5.74) is 2.78. The molecule has 4 nitrogen and oxygen atoms in total. The summed E-state index contributed by atoms with van der Waals surface area (Å²) in [4.78, 5) is 14.0. The van der Waals surface area contributed by atoms with E-state index >= 15 is 0 Å². The minimum atomic E-state index is -0.741. The molecule has 25 heavy (non-hydrogen) atoms. The third-order valence-electron chi connectivity index (χ3n) is 4.15. The number of aliphatic hydroxyl groups is 1. The van der Waals surface area contributed by atoms with Gasteiger partial charge in [-0.2, -0.15) is 0 Å². The number of hydrogen-bond donors (Lipinski definition) is 1. The van der Waals surface area contributed by atoms with Gasteiger partial charge in [-0.05, 0) is 35.3 Å². The van der Waals surface area contributed by atoms with Crippen LogP contribution in [-0.4, -0.2) is 36.6 Å². The number of hydrogen-bond acceptors (Lipinski definition) is 3. The van der Waals surface area contributed by atoms with Crippen molar-refractivity contribution in [1.82, 2.24) is 4.90 Å². The number of amides is 1. The standard InChI is InChI=1S/C21H25NO3/c1-4-16(17-8-6-5-7-9-17)14-21(24)22(2)15-20(23)18-10-12-19(25-3)13-11-18/h5-14,20,23H,4,15H2,1-3H3/b16-14+. The molecule has 2 aromatic carbocycles. The first kappa shape index (κ1) is 18.7. The van der Waals surface area contributed by atoms with Gasteiger partial charge in [0.2, 0.25) is 5.91 Å². The fourth-order valence-corrected chi connectivity index (χ4v) is 2.58. The van der Waals surface area contributed by atoms with E-state index in [-0.39, 0.29) is 12.5 Å². The minimum Gasteiger partial charge on any atom is -0.497 e. The number of likely N-dealkylation sites (N-methyl/N-ethyl adjacent to an activating group) is 1. The Kier molecular flexibility index (Phi) is 6.78. The monoisotopic (exact) mass is 339 g/mol. The number of ether oxygens (including phenoxy) is 1. The van der Waals surface area contributed by atoms with Gasteiger partial charge in [-0.3, -0.25) is 4.79 Å².